The van der Waals surface area contributed by atoms with E-state index in [1.165, 1.54) is 6.42 Å². The summed E-state index contributed by atoms with van der Waals surface area (Å²) in [6, 6.07) is 7.60. The zero-order valence-electron chi connectivity index (χ0n) is 14.1. The molecule has 2 N–H and O–H groups in total. The first kappa shape index (κ1) is 17.3. The van der Waals surface area contributed by atoms with Crippen molar-refractivity contribution in [1.29, 1.82) is 0 Å². The highest BCUT2D eigenvalue weighted by molar-refractivity contribution is 5.95. The molecule has 0 spiro atoms. The lowest BCUT2D eigenvalue weighted by Gasteiger charge is -2.33. The number of rotatable bonds is 6. The van der Waals surface area contributed by atoms with Crippen LogP contribution in [0, 0.1) is 0 Å². The maximum Gasteiger partial charge on any atom is 0.251 e. The van der Waals surface area contributed by atoms with Gasteiger partial charge in [0.1, 0.15) is 0 Å². The van der Waals surface area contributed by atoms with Gasteiger partial charge in [-0.25, -0.2) is 0 Å². The van der Waals surface area contributed by atoms with E-state index in [9.17, 15) is 9.59 Å². The van der Waals surface area contributed by atoms with Crippen LogP contribution in [0.4, 0.5) is 5.69 Å². The van der Waals surface area contributed by atoms with Crippen molar-refractivity contribution in [2.45, 2.75) is 45.6 Å². The van der Waals surface area contributed by atoms with Crippen LogP contribution in [0.3, 0.4) is 0 Å². The average Bonchev–Trinajstić information content (AvgIpc) is 2.58. The Hall–Kier alpha value is -2.04. The quantitative estimate of drug-likeness (QED) is 0.848. The summed E-state index contributed by atoms with van der Waals surface area (Å²) in [6.45, 7) is 5.91. The number of hydrogen-bond acceptors (Lipinski definition) is 3. The number of nitrogens with zero attached hydrogens (tertiary/aromatic N) is 1. The van der Waals surface area contributed by atoms with Gasteiger partial charge in [0.2, 0.25) is 5.91 Å². The van der Waals surface area contributed by atoms with Gasteiger partial charge in [-0.15, -0.1) is 0 Å². The lowest BCUT2D eigenvalue weighted by Crippen LogP contribution is -2.44. The van der Waals surface area contributed by atoms with Crippen molar-refractivity contribution in [2.75, 3.05) is 25.0 Å². The normalized spacial score (nSPS) is 17.7. The number of carbonyl (C=O) groups excluding carboxylic acids is 2. The van der Waals surface area contributed by atoms with Gasteiger partial charge in [-0.05, 0) is 50.8 Å². The van der Waals surface area contributed by atoms with Crippen LogP contribution in [0.25, 0.3) is 0 Å². The first-order valence-electron chi connectivity index (χ1n) is 8.53. The molecule has 0 bridgehead atoms. The Morgan fingerprint density at radius 1 is 1.30 bits per heavy atom. The molecule has 1 heterocycles. The van der Waals surface area contributed by atoms with Gasteiger partial charge in [0, 0.05) is 30.4 Å². The van der Waals surface area contributed by atoms with Crippen LogP contribution >= 0.6 is 0 Å². The van der Waals surface area contributed by atoms with E-state index < -0.39 is 0 Å². The number of carbonyl (C=O) groups is 2. The second kappa shape index (κ2) is 8.56. The van der Waals surface area contributed by atoms with E-state index in [2.05, 4.69) is 17.6 Å². The summed E-state index contributed by atoms with van der Waals surface area (Å²) in [6.07, 6.45) is 4.28. The van der Waals surface area contributed by atoms with Crippen molar-refractivity contribution in [1.82, 2.24) is 10.2 Å². The van der Waals surface area contributed by atoms with Crippen molar-refractivity contribution in [3.8, 4) is 0 Å². The molecule has 1 atom stereocenters. The Labute approximate surface area is 138 Å². The van der Waals surface area contributed by atoms with E-state index in [0.29, 0.717) is 18.2 Å². The molecule has 1 aliphatic heterocycles. The zero-order chi connectivity index (χ0) is 16.7. The summed E-state index contributed by atoms with van der Waals surface area (Å²) in [7, 11) is 0. The molecule has 0 aliphatic carbocycles. The molecule has 1 aromatic carbocycles. The van der Waals surface area contributed by atoms with Crippen LogP contribution in [0.2, 0.25) is 0 Å². The highest BCUT2D eigenvalue weighted by atomic mass is 16.2. The van der Waals surface area contributed by atoms with Crippen LogP contribution in [0.1, 0.15) is 49.9 Å². The fraction of sp³-hybridized carbons (Fsp3) is 0.556. The first-order valence-corrected chi connectivity index (χ1v) is 8.53. The van der Waals surface area contributed by atoms with Gasteiger partial charge in [0.25, 0.3) is 5.91 Å². The second-order valence-electron chi connectivity index (χ2n) is 6.12. The SMILES string of the molecule is CCCNC(=O)c1cccc(NCC(=O)N2CCCC[C@@H]2C)c1. The molecule has 2 amide bonds. The smallest absolute Gasteiger partial charge is 0.251 e. The molecule has 23 heavy (non-hydrogen) atoms. The maximum atomic E-state index is 12.3. The van der Waals surface area contributed by atoms with Gasteiger partial charge in [0.05, 0.1) is 6.54 Å². The van der Waals surface area contributed by atoms with Crippen LogP contribution in [0.15, 0.2) is 24.3 Å². The fourth-order valence-electron chi connectivity index (χ4n) is 2.86. The third-order valence-electron chi connectivity index (χ3n) is 4.23. The predicted molar refractivity (Wildman–Crippen MR) is 92.6 cm³/mol. The van der Waals surface area contributed by atoms with Gasteiger partial charge < -0.3 is 15.5 Å². The number of benzene rings is 1. The van der Waals surface area contributed by atoms with Gasteiger partial charge in [-0.2, -0.15) is 0 Å². The molecular formula is C18H27N3O2. The standard InChI is InChI=1S/C18H27N3O2/c1-3-10-19-18(23)15-8-6-9-16(12-15)20-13-17(22)21-11-5-4-7-14(21)2/h6,8-9,12,14,20H,3-5,7,10-11,13H2,1-2H3,(H,19,23)/t14-/m0/s1. The Morgan fingerprint density at radius 3 is 2.87 bits per heavy atom. The summed E-state index contributed by atoms with van der Waals surface area (Å²) < 4.78 is 0. The maximum absolute atomic E-state index is 12.3. The van der Waals surface area contributed by atoms with Gasteiger partial charge in [0.15, 0.2) is 0 Å². The number of likely N-dealkylation sites (tertiary alicyclic amines) is 1. The van der Waals surface area contributed by atoms with Gasteiger partial charge >= 0.3 is 0 Å². The number of hydrogen-bond donors (Lipinski definition) is 2. The van der Waals surface area contributed by atoms with Crippen LogP contribution in [-0.2, 0) is 4.79 Å². The highest BCUT2D eigenvalue weighted by Crippen LogP contribution is 2.17. The summed E-state index contributed by atoms with van der Waals surface area (Å²) >= 11 is 0. The summed E-state index contributed by atoms with van der Waals surface area (Å²) in [5.74, 6) is 0.0458. The summed E-state index contributed by atoms with van der Waals surface area (Å²) in [5, 5.41) is 6.00. The Bertz CT molecular complexity index is 545. The Morgan fingerprint density at radius 2 is 2.13 bits per heavy atom. The number of piperidine rings is 1. The van der Waals surface area contributed by atoms with Crippen molar-refractivity contribution in [3.05, 3.63) is 29.8 Å². The molecule has 1 saturated heterocycles. The van der Waals surface area contributed by atoms with E-state index in [1.807, 2.05) is 24.0 Å². The van der Waals surface area contributed by atoms with E-state index in [-0.39, 0.29) is 18.4 Å². The molecule has 0 aromatic heterocycles. The minimum absolute atomic E-state index is 0.0773. The topological polar surface area (TPSA) is 61.4 Å². The molecule has 0 unspecified atom stereocenters. The highest BCUT2D eigenvalue weighted by Gasteiger charge is 2.22. The monoisotopic (exact) mass is 317 g/mol. The van der Waals surface area contributed by atoms with Gasteiger partial charge in [-0.1, -0.05) is 13.0 Å². The Kier molecular flexibility index (Phi) is 6.44. The van der Waals surface area contributed by atoms with Crippen molar-refractivity contribution < 1.29 is 9.59 Å². The molecule has 1 aromatic rings. The molecule has 1 aliphatic rings. The van der Waals surface area contributed by atoms with Crippen molar-refractivity contribution in [2.24, 2.45) is 0 Å². The predicted octanol–water partition coefficient (Wildman–Crippen LogP) is 2.64. The van der Waals surface area contributed by atoms with E-state index in [1.54, 1.807) is 12.1 Å². The van der Waals surface area contributed by atoms with E-state index in [4.69, 9.17) is 0 Å². The molecular weight excluding hydrogens is 290 g/mol. The third-order valence-corrected chi connectivity index (χ3v) is 4.23. The number of nitrogens with one attached hydrogen (secondary N) is 2. The molecule has 5 heteroatoms. The average molecular weight is 317 g/mol. The minimum atomic E-state index is -0.0773. The largest absolute Gasteiger partial charge is 0.376 e. The van der Waals surface area contributed by atoms with Crippen LogP contribution in [0.5, 0.6) is 0 Å². The molecule has 0 saturated carbocycles. The minimum Gasteiger partial charge on any atom is -0.376 e. The zero-order valence-corrected chi connectivity index (χ0v) is 14.1. The van der Waals surface area contributed by atoms with Crippen molar-refractivity contribution >= 4 is 17.5 Å². The van der Waals surface area contributed by atoms with Gasteiger partial charge in [-0.3, -0.25) is 9.59 Å². The second-order valence-corrected chi connectivity index (χ2v) is 6.12. The van der Waals surface area contributed by atoms with Crippen LogP contribution < -0.4 is 10.6 Å². The third kappa shape index (κ3) is 4.98. The summed E-state index contributed by atoms with van der Waals surface area (Å²) in [5.41, 5.74) is 1.41. The molecule has 0 radical (unpaired) electrons. The molecule has 126 valence electrons. The van der Waals surface area contributed by atoms with Crippen LogP contribution in [-0.4, -0.2) is 42.4 Å². The van der Waals surface area contributed by atoms with E-state index >= 15 is 0 Å². The first-order chi connectivity index (χ1) is 11.1. The lowest BCUT2D eigenvalue weighted by molar-refractivity contribution is -0.132. The lowest BCUT2D eigenvalue weighted by atomic mass is 10.0. The van der Waals surface area contributed by atoms with E-state index in [0.717, 1.165) is 31.5 Å². The van der Waals surface area contributed by atoms with Crippen molar-refractivity contribution in [3.63, 3.8) is 0 Å². The molecule has 1 fully saturated rings. The number of anilines is 1. The molecule has 5 nitrogen and oxygen atoms in total. The fourth-order valence-corrected chi connectivity index (χ4v) is 2.86. The number of amides is 2. The summed E-state index contributed by atoms with van der Waals surface area (Å²) in [4.78, 5) is 26.2. The molecule has 2 rings (SSSR count). The Balaban J connectivity index is 1.90.